The minimum atomic E-state index is -0.0607. The molecule has 19 heavy (non-hydrogen) atoms. The molecule has 0 atom stereocenters. The molecule has 0 aliphatic carbocycles. The fraction of sp³-hybridized carbons (Fsp3) is 0.214. The Morgan fingerprint density at radius 3 is 2.37 bits per heavy atom. The molecule has 0 spiro atoms. The van der Waals surface area contributed by atoms with Crippen LogP contribution in [0.25, 0.3) is 0 Å². The number of nitrogens with one attached hydrogen (secondary N) is 1. The summed E-state index contributed by atoms with van der Waals surface area (Å²) in [6.45, 7) is 4.33. The average molecular weight is 272 g/mol. The molecule has 0 saturated heterocycles. The van der Waals surface area contributed by atoms with Gasteiger partial charge in [0, 0.05) is 17.3 Å². The topological polar surface area (TPSA) is 75.7 Å². The van der Waals surface area contributed by atoms with Crippen LogP contribution in [0, 0.1) is 5.41 Å². The predicted molar refractivity (Wildman–Crippen MR) is 77.7 cm³/mol. The fourth-order valence-electron chi connectivity index (χ4n) is 1.62. The molecule has 2 rings (SSSR count). The molecule has 5 heteroatoms. The third-order valence-corrected chi connectivity index (χ3v) is 3.68. The summed E-state index contributed by atoms with van der Waals surface area (Å²) in [4.78, 5) is 9.38. The number of nitrogen functional groups attached to an aromatic ring is 1. The second-order valence-electron chi connectivity index (χ2n) is 4.45. The number of nitrogens with zero attached hydrogens (tertiary/aromatic N) is 2. The normalized spacial score (nSPS) is 10.7. The van der Waals surface area contributed by atoms with Crippen molar-refractivity contribution >= 4 is 17.6 Å². The highest BCUT2D eigenvalue weighted by Gasteiger charge is 2.09. The molecular weight excluding hydrogens is 256 g/mol. The Morgan fingerprint density at radius 2 is 1.79 bits per heavy atom. The summed E-state index contributed by atoms with van der Waals surface area (Å²) in [7, 11) is 0. The van der Waals surface area contributed by atoms with Gasteiger partial charge in [0.15, 0.2) is 0 Å². The Morgan fingerprint density at radius 1 is 1.16 bits per heavy atom. The molecule has 0 saturated carbocycles. The van der Waals surface area contributed by atoms with Gasteiger partial charge in [-0.3, -0.25) is 5.41 Å². The van der Waals surface area contributed by atoms with Crippen LogP contribution in [0.4, 0.5) is 0 Å². The van der Waals surface area contributed by atoms with E-state index in [4.69, 9.17) is 11.1 Å². The van der Waals surface area contributed by atoms with Gasteiger partial charge >= 0.3 is 0 Å². The minimum Gasteiger partial charge on any atom is -0.382 e. The molecule has 1 aromatic carbocycles. The lowest BCUT2D eigenvalue weighted by atomic mass is 10.0. The number of hydrogen-bond donors (Lipinski definition) is 2. The lowest BCUT2D eigenvalue weighted by Crippen LogP contribution is -2.14. The molecule has 0 bridgehead atoms. The molecule has 0 radical (unpaired) electrons. The molecule has 3 N–H and O–H groups in total. The highest BCUT2D eigenvalue weighted by atomic mass is 32.2. The van der Waals surface area contributed by atoms with Gasteiger partial charge in [0.25, 0.3) is 0 Å². The van der Waals surface area contributed by atoms with Crippen LogP contribution in [-0.4, -0.2) is 15.8 Å². The number of hydrogen-bond acceptors (Lipinski definition) is 4. The lowest BCUT2D eigenvalue weighted by Gasteiger charge is -2.08. The minimum absolute atomic E-state index is 0.0607. The van der Waals surface area contributed by atoms with Gasteiger partial charge < -0.3 is 5.73 Å². The molecular formula is C14H16N4S. The SMILES string of the molecule is CC(C)c1ccc(Sc2nccnc2C(=N)N)cc1. The van der Waals surface area contributed by atoms with E-state index in [1.807, 2.05) is 0 Å². The lowest BCUT2D eigenvalue weighted by molar-refractivity contribution is 0.865. The second kappa shape index (κ2) is 5.84. The maximum absolute atomic E-state index is 7.49. The van der Waals surface area contributed by atoms with Crippen LogP contribution in [0.1, 0.15) is 31.0 Å². The number of benzene rings is 1. The van der Waals surface area contributed by atoms with Gasteiger partial charge in [0.05, 0.1) is 0 Å². The zero-order valence-corrected chi connectivity index (χ0v) is 11.7. The van der Waals surface area contributed by atoms with Gasteiger partial charge in [-0.25, -0.2) is 9.97 Å². The first-order chi connectivity index (χ1) is 9.08. The van der Waals surface area contributed by atoms with E-state index in [9.17, 15) is 0 Å². The largest absolute Gasteiger partial charge is 0.382 e. The summed E-state index contributed by atoms with van der Waals surface area (Å²) in [5.74, 6) is 0.456. The van der Waals surface area contributed by atoms with E-state index in [2.05, 4.69) is 48.1 Å². The van der Waals surface area contributed by atoms with Crippen LogP contribution >= 0.6 is 11.8 Å². The number of rotatable bonds is 4. The Hall–Kier alpha value is -1.88. The Bertz CT molecular complexity index is 578. The Labute approximate surface area is 117 Å². The van der Waals surface area contributed by atoms with Crippen LogP contribution in [0.2, 0.25) is 0 Å². The van der Waals surface area contributed by atoms with E-state index >= 15 is 0 Å². The summed E-state index contributed by atoms with van der Waals surface area (Å²) in [5.41, 5.74) is 7.23. The molecule has 0 unspecified atom stereocenters. The zero-order chi connectivity index (χ0) is 13.8. The van der Waals surface area contributed by atoms with Crippen molar-refractivity contribution in [2.24, 2.45) is 5.73 Å². The van der Waals surface area contributed by atoms with E-state index in [-0.39, 0.29) is 5.84 Å². The highest BCUT2D eigenvalue weighted by molar-refractivity contribution is 7.99. The van der Waals surface area contributed by atoms with E-state index < -0.39 is 0 Å². The maximum atomic E-state index is 7.49. The molecule has 0 aliphatic heterocycles. The third kappa shape index (κ3) is 3.32. The van der Waals surface area contributed by atoms with Gasteiger partial charge in [-0.05, 0) is 23.6 Å². The standard InChI is InChI=1S/C14H16N4S/c1-9(2)10-3-5-11(6-4-10)19-14-12(13(15)16)17-7-8-18-14/h3-9H,1-2H3,(H3,15,16). The van der Waals surface area contributed by atoms with Gasteiger partial charge in [-0.2, -0.15) is 0 Å². The fourth-order valence-corrected chi connectivity index (χ4v) is 2.49. The summed E-state index contributed by atoms with van der Waals surface area (Å²) in [6.07, 6.45) is 3.15. The molecule has 4 nitrogen and oxygen atoms in total. The smallest absolute Gasteiger partial charge is 0.144 e. The van der Waals surface area contributed by atoms with Crippen molar-refractivity contribution < 1.29 is 0 Å². The van der Waals surface area contributed by atoms with Crippen molar-refractivity contribution in [2.45, 2.75) is 29.7 Å². The summed E-state index contributed by atoms with van der Waals surface area (Å²) >= 11 is 1.47. The van der Waals surface area contributed by atoms with Gasteiger partial charge in [-0.1, -0.05) is 37.7 Å². The van der Waals surface area contributed by atoms with Crippen molar-refractivity contribution in [3.05, 3.63) is 47.9 Å². The predicted octanol–water partition coefficient (Wildman–Crippen LogP) is 3.04. The first-order valence-electron chi connectivity index (χ1n) is 6.01. The first-order valence-corrected chi connectivity index (χ1v) is 6.83. The highest BCUT2D eigenvalue weighted by Crippen LogP contribution is 2.28. The van der Waals surface area contributed by atoms with Crippen molar-refractivity contribution in [2.75, 3.05) is 0 Å². The number of nitrogens with two attached hydrogens (primary N) is 1. The molecule has 0 fully saturated rings. The maximum Gasteiger partial charge on any atom is 0.144 e. The van der Waals surface area contributed by atoms with Crippen molar-refractivity contribution in [3.63, 3.8) is 0 Å². The number of aromatic nitrogens is 2. The van der Waals surface area contributed by atoms with E-state index in [0.29, 0.717) is 16.6 Å². The average Bonchev–Trinajstić information content (AvgIpc) is 2.39. The van der Waals surface area contributed by atoms with Gasteiger partial charge in [0.1, 0.15) is 16.6 Å². The summed E-state index contributed by atoms with van der Waals surface area (Å²) < 4.78 is 0. The molecule has 1 heterocycles. The summed E-state index contributed by atoms with van der Waals surface area (Å²) in [6, 6.07) is 8.32. The van der Waals surface area contributed by atoms with Crippen molar-refractivity contribution in [1.82, 2.24) is 9.97 Å². The first kappa shape index (κ1) is 13.5. The van der Waals surface area contributed by atoms with E-state index in [0.717, 1.165) is 4.90 Å². The van der Waals surface area contributed by atoms with Crippen LogP contribution in [0.3, 0.4) is 0 Å². The quantitative estimate of drug-likeness (QED) is 0.662. The van der Waals surface area contributed by atoms with E-state index in [1.165, 1.54) is 17.3 Å². The molecule has 0 aliphatic rings. The third-order valence-electron chi connectivity index (χ3n) is 2.68. The van der Waals surface area contributed by atoms with Crippen LogP contribution in [0.15, 0.2) is 46.6 Å². The monoisotopic (exact) mass is 272 g/mol. The Kier molecular flexibility index (Phi) is 4.16. The van der Waals surface area contributed by atoms with Crippen LogP contribution < -0.4 is 5.73 Å². The molecule has 98 valence electrons. The molecule has 0 amide bonds. The van der Waals surface area contributed by atoms with Gasteiger partial charge in [-0.15, -0.1) is 0 Å². The van der Waals surface area contributed by atoms with E-state index in [1.54, 1.807) is 12.4 Å². The van der Waals surface area contributed by atoms with Crippen LogP contribution in [-0.2, 0) is 0 Å². The van der Waals surface area contributed by atoms with Gasteiger partial charge in [0.2, 0.25) is 0 Å². The molecule has 2 aromatic rings. The van der Waals surface area contributed by atoms with Crippen molar-refractivity contribution in [3.8, 4) is 0 Å². The van der Waals surface area contributed by atoms with Crippen LogP contribution in [0.5, 0.6) is 0 Å². The second-order valence-corrected chi connectivity index (χ2v) is 5.51. The summed E-state index contributed by atoms with van der Waals surface area (Å²) in [5, 5.41) is 8.15. The van der Waals surface area contributed by atoms with Crippen molar-refractivity contribution in [1.29, 1.82) is 5.41 Å². The number of amidine groups is 1. The Balaban J connectivity index is 2.24. The zero-order valence-electron chi connectivity index (χ0n) is 10.9. The molecule has 1 aromatic heterocycles.